The van der Waals surface area contributed by atoms with Gasteiger partial charge in [0, 0.05) is 56.4 Å². The number of rotatable bonds is 6. The van der Waals surface area contributed by atoms with Crippen LogP contribution in [0.15, 0.2) is 60.8 Å². The van der Waals surface area contributed by atoms with Crippen LogP contribution in [-0.4, -0.2) is 64.2 Å². The second-order valence-electron chi connectivity index (χ2n) is 7.83. The van der Waals surface area contributed by atoms with E-state index in [2.05, 4.69) is 27.7 Å². The van der Waals surface area contributed by atoms with Gasteiger partial charge in [0.25, 0.3) is 5.91 Å². The standard InChI is InChI=1S/C24H29N3O2/c1-2-20(28)17-25-12-14-26(15-13-25)24(29)22-18-27(16-19-8-4-3-5-9-19)23-11-7-6-10-21(22)23/h3-11,18,20,28H,2,12-17H2,1H3. The molecule has 0 spiro atoms. The lowest BCUT2D eigenvalue weighted by Crippen LogP contribution is -2.50. The Bertz CT molecular complexity index is 959. The van der Waals surface area contributed by atoms with Crippen LogP contribution in [-0.2, 0) is 6.54 Å². The summed E-state index contributed by atoms with van der Waals surface area (Å²) in [5, 5.41) is 10.9. The Hall–Kier alpha value is -2.63. The molecule has 1 atom stereocenters. The maximum atomic E-state index is 13.3. The molecule has 1 unspecified atom stereocenters. The molecule has 0 aliphatic carbocycles. The Balaban J connectivity index is 1.53. The molecule has 0 radical (unpaired) electrons. The number of hydrogen-bond donors (Lipinski definition) is 1. The quantitative estimate of drug-likeness (QED) is 0.702. The maximum absolute atomic E-state index is 13.3. The van der Waals surface area contributed by atoms with E-state index in [1.807, 2.05) is 54.4 Å². The number of carbonyl (C=O) groups excluding carboxylic acids is 1. The van der Waals surface area contributed by atoms with E-state index < -0.39 is 0 Å². The number of aliphatic hydroxyl groups is 1. The van der Waals surface area contributed by atoms with Gasteiger partial charge < -0.3 is 14.6 Å². The van der Waals surface area contributed by atoms with Crippen LogP contribution in [0.4, 0.5) is 0 Å². The summed E-state index contributed by atoms with van der Waals surface area (Å²) in [5.74, 6) is 0.101. The summed E-state index contributed by atoms with van der Waals surface area (Å²) in [6.45, 7) is 6.46. The van der Waals surface area contributed by atoms with Gasteiger partial charge in [0.15, 0.2) is 0 Å². The average molecular weight is 392 g/mol. The van der Waals surface area contributed by atoms with Gasteiger partial charge in [-0.25, -0.2) is 0 Å². The number of carbonyl (C=O) groups is 1. The minimum Gasteiger partial charge on any atom is -0.392 e. The van der Waals surface area contributed by atoms with Crippen molar-refractivity contribution in [1.29, 1.82) is 0 Å². The van der Waals surface area contributed by atoms with E-state index in [1.165, 1.54) is 5.56 Å². The number of para-hydroxylation sites is 1. The van der Waals surface area contributed by atoms with Gasteiger partial charge in [-0.2, -0.15) is 0 Å². The van der Waals surface area contributed by atoms with Crippen molar-refractivity contribution in [2.24, 2.45) is 0 Å². The van der Waals surface area contributed by atoms with Crippen LogP contribution >= 0.6 is 0 Å². The molecule has 1 N–H and O–H groups in total. The third kappa shape index (κ3) is 4.36. The average Bonchev–Trinajstić information content (AvgIpc) is 3.13. The fourth-order valence-corrected chi connectivity index (χ4v) is 4.06. The first kappa shape index (κ1) is 19.7. The number of β-amino-alcohol motifs (C(OH)–C–C–N with tert-alkyl or cyclic N) is 1. The molecule has 5 nitrogen and oxygen atoms in total. The normalized spacial score (nSPS) is 16.3. The van der Waals surface area contributed by atoms with Gasteiger partial charge in [0.1, 0.15) is 0 Å². The number of aliphatic hydroxyl groups excluding tert-OH is 1. The molecule has 1 amide bonds. The highest BCUT2D eigenvalue weighted by Gasteiger charge is 2.25. The van der Waals surface area contributed by atoms with Crippen molar-refractivity contribution in [2.75, 3.05) is 32.7 Å². The van der Waals surface area contributed by atoms with E-state index in [1.54, 1.807) is 0 Å². The summed E-state index contributed by atoms with van der Waals surface area (Å²) >= 11 is 0. The van der Waals surface area contributed by atoms with Crippen LogP contribution in [0.2, 0.25) is 0 Å². The van der Waals surface area contributed by atoms with Crippen LogP contribution in [0.1, 0.15) is 29.3 Å². The van der Waals surface area contributed by atoms with Crippen molar-refractivity contribution in [3.05, 3.63) is 71.9 Å². The molecule has 2 aromatic carbocycles. The van der Waals surface area contributed by atoms with Crippen molar-refractivity contribution in [1.82, 2.24) is 14.4 Å². The number of nitrogens with zero attached hydrogens (tertiary/aromatic N) is 3. The van der Waals surface area contributed by atoms with E-state index in [0.717, 1.165) is 42.5 Å². The van der Waals surface area contributed by atoms with Crippen LogP contribution in [0, 0.1) is 0 Å². The van der Waals surface area contributed by atoms with Gasteiger partial charge in [-0.3, -0.25) is 9.69 Å². The smallest absolute Gasteiger partial charge is 0.256 e. The fraction of sp³-hybridized carbons (Fsp3) is 0.375. The van der Waals surface area contributed by atoms with Crippen LogP contribution in [0.3, 0.4) is 0 Å². The zero-order chi connectivity index (χ0) is 20.2. The number of hydrogen-bond acceptors (Lipinski definition) is 3. The number of piperazine rings is 1. The third-order valence-electron chi connectivity index (χ3n) is 5.81. The van der Waals surface area contributed by atoms with Crippen molar-refractivity contribution in [3.8, 4) is 0 Å². The molecule has 3 aromatic rings. The van der Waals surface area contributed by atoms with Gasteiger partial charge in [0.05, 0.1) is 11.7 Å². The summed E-state index contributed by atoms with van der Waals surface area (Å²) in [4.78, 5) is 17.5. The van der Waals surface area contributed by atoms with Gasteiger partial charge in [-0.1, -0.05) is 55.5 Å². The lowest BCUT2D eigenvalue weighted by molar-refractivity contribution is 0.0525. The van der Waals surface area contributed by atoms with Gasteiger partial charge >= 0.3 is 0 Å². The molecule has 0 saturated carbocycles. The van der Waals surface area contributed by atoms with Crippen LogP contribution in [0.5, 0.6) is 0 Å². The van der Waals surface area contributed by atoms with Crippen molar-refractivity contribution in [2.45, 2.75) is 26.0 Å². The van der Waals surface area contributed by atoms with E-state index in [-0.39, 0.29) is 12.0 Å². The first-order valence-corrected chi connectivity index (χ1v) is 10.5. The molecular formula is C24H29N3O2. The Labute approximate surface area is 172 Å². The molecule has 1 aliphatic rings. The summed E-state index contributed by atoms with van der Waals surface area (Å²) in [5.41, 5.74) is 3.08. The summed E-state index contributed by atoms with van der Waals surface area (Å²) in [6.07, 6.45) is 2.49. The van der Waals surface area contributed by atoms with Gasteiger partial charge in [-0.15, -0.1) is 0 Å². The van der Waals surface area contributed by atoms with E-state index in [0.29, 0.717) is 19.6 Å². The van der Waals surface area contributed by atoms with Crippen molar-refractivity contribution in [3.63, 3.8) is 0 Å². The second kappa shape index (κ2) is 8.80. The fourth-order valence-electron chi connectivity index (χ4n) is 4.06. The summed E-state index contributed by atoms with van der Waals surface area (Å²) < 4.78 is 2.17. The molecule has 5 heteroatoms. The number of benzene rings is 2. The lowest BCUT2D eigenvalue weighted by Gasteiger charge is -2.35. The highest BCUT2D eigenvalue weighted by atomic mass is 16.3. The van der Waals surface area contributed by atoms with Crippen molar-refractivity contribution >= 4 is 16.8 Å². The van der Waals surface area contributed by atoms with Crippen molar-refractivity contribution < 1.29 is 9.90 Å². The number of amides is 1. The lowest BCUT2D eigenvalue weighted by atomic mass is 10.1. The second-order valence-corrected chi connectivity index (χ2v) is 7.83. The Morgan fingerprint density at radius 3 is 2.41 bits per heavy atom. The number of aromatic nitrogens is 1. The minimum absolute atomic E-state index is 0.101. The number of fused-ring (bicyclic) bond motifs is 1. The highest BCUT2D eigenvalue weighted by molar-refractivity contribution is 6.07. The molecule has 152 valence electrons. The molecule has 1 aliphatic heterocycles. The molecule has 2 heterocycles. The van der Waals surface area contributed by atoms with E-state index in [4.69, 9.17) is 0 Å². The van der Waals surface area contributed by atoms with Crippen LogP contribution in [0.25, 0.3) is 10.9 Å². The molecule has 29 heavy (non-hydrogen) atoms. The molecule has 1 aromatic heterocycles. The van der Waals surface area contributed by atoms with E-state index >= 15 is 0 Å². The first-order chi connectivity index (χ1) is 14.2. The Morgan fingerprint density at radius 2 is 1.69 bits per heavy atom. The Morgan fingerprint density at radius 1 is 1.00 bits per heavy atom. The third-order valence-corrected chi connectivity index (χ3v) is 5.81. The zero-order valence-corrected chi connectivity index (χ0v) is 17.0. The monoisotopic (exact) mass is 391 g/mol. The molecule has 4 rings (SSSR count). The summed E-state index contributed by atoms with van der Waals surface area (Å²) in [6, 6.07) is 18.5. The Kier molecular flexibility index (Phi) is 5.97. The largest absolute Gasteiger partial charge is 0.392 e. The highest BCUT2D eigenvalue weighted by Crippen LogP contribution is 2.24. The van der Waals surface area contributed by atoms with Gasteiger partial charge in [-0.05, 0) is 18.1 Å². The molecule has 1 fully saturated rings. The predicted octanol–water partition coefficient (Wildman–Crippen LogP) is 3.22. The van der Waals surface area contributed by atoms with Gasteiger partial charge in [0.2, 0.25) is 0 Å². The molecule has 1 saturated heterocycles. The van der Waals surface area contributed by atoms with Crippen LogP contribution < -0.4 is 0 Å². The van der Waals surface area contributed by atoms with E-state index in [9.17, 15) is 9.90 Å². The minimum atomic E-state index is -0.284. The zero-order valence-electron chi connectivity index (χ0n) is 17.0. The maximum Gasteiger partial charge on any atom is 0.256 e. The SMILES string of the molecule is CCC(O)CN1CCN(C(=O)c2cn(Cc3ccccc3)c3ccccc23)CC1. The topological polar surface area (TPSA) is 48.7 Å². The molecule has 0 bridgehead atoms. The predicted molar refractivity (Wildman–Crippen MR) is 116 cm³/mol. The first-order valence-electron chi connectivity index (χ1n) is 10.5. The summed E-state index contributed by atoms with van der Waals surface area (Å²) in [7, 11) is 0. The molecular weight excluding hydrogens is 362 g/mol.